The van der Waals surface area contributed by atoms with Gasteiger partial charge in [-0.3, -0.25) is 33.6 Å². The largest absolute Gasteiger partial charge is 0.480 e. The van der Waals surface area contributed by atoms with Gasteiger partial charge < -0.3 is 48.1 Å². The molecule has 0 bridgehead atoms. The van der Waals surface area contributed by atoms with Crippen molar-refractivity contribution in [3.63, 3.8) is 0 Å². The van der Waals surface area contributed by atoms with E-state index in [9.17, 15) is 38.7 Å². The molecule has 0 aromatic carbocycles. The van der Waals surface area contributed by atoms with E-state index in [0.29, 0.717) is 18.5 Å². The van der Waals surface area contributed by atoms with Crippen molar-refractivity contribution in [3.05, 3.63) is 18.2 Å². The number of hydrogen-bond acceptors (Lipinski definition) is 10. The third kappa shape index (κ3) is 13.6. The first-order valence-electron chi connectivity index (χ1n) is 15.4. The Hall–Kier alpha value is -4.19. The van der Waals surface area contributed by atoms with Crippen LogP contribution in [0.3, 0.4) is 0 Å². The van der Waals surface area contributed by atoms with Crippen LogP contribution in [0.15, 0.2) is 12.5 Å². The molecule has 0 saturated heterocycles. The molecule has 8 atom stereocenters. The summed E-state index contributed by atoms with van der Waals surface area (Å²) in [5, 5.41) is 22.0. The van der Waals surface area contributed by atoms with Crippen LogP contribution in [0, 0.1) is 11.8 Å². The number of carbonyl (C=O) groups excluding carboxylic acids is 6. The second-order valence-electron chi connectivity index (χ2n) is 11.5. The lowest BCUT2D eigenvalue weighted by Gasteiger charge is -2.30. The van der Waals surface area contributed by atoms with Crippen LogP contribution >= 0.6 is 12.6 Å². The summed E-state index contributed by atoms with van der Waals surface area (Å²) < 4.78 is 0. The fraction of sp³-hybridized carbons (Fsp3) is 0.655. The molecule has 47 heavy (non-hydrogen) atoms. The number of aromatic amines is 1. The number of H-pyrrole nitrogens is 1. The number of carboxylic acids is 1. The van der Waals surface area contributed by atoms with E-state index in [0.717, 1.165) is 0 Å². The summed E-state index contributed by atoms with van der Waals surface area (Å²) in [7, 11) is 0. The topological polar surface area (TPSA) is 281 Å². The Bertz CT molecular complexity index is 1230. The van der Waals surface area contributed by atoms with Crippen molar-refractivity contribution in [3.8, 4) is 0 Å². The van der Waals surface area contributed by atoms with Gasteiger partial charge in [-0.2, -0.15) is 12.6 Å². The first-order valence-corrected chi connectivity index (χ1v) is 16.1. The highest BCUT2D eigenvalue weighted by atomic mass is 32.1. The predicted octanol–water partition coefficient (Wildman–Crippen LogP) is -1.90. The summed E-state index contributed by atoms with van der Waals surface area (Å²) in [6, 6.07) is -7.10. The van der Waals surface area contributed by atoms with Gasteiger partial charge in [0.2, 0.25) is 35.4 Å². The predicted molar refractivity (Wildman–Crippen MR) is 174 cm³/mol. The van der Waals surface area contributed by atoms with Crippen molar-refractivity contribution in [2.75, 3.05) is 5.75 Å². The minimum Gasteiger partial charge on any atom is -0.480 e. The van der Waals surface area contributed by atoms with Gasteiger partial charge >= 0.3 is 5.97 Å². The number of aliphatic carboxylic acids is 1. The molecule has 0 radical (unpaired) electrons. The van der Waals surface area contributed by atoms with Gasteiger partial charge in [0.05, 0.1) is 12.4 Å². The van der Waals surface area contributed by atoms with Gasteiger partial charge in [0, 0.05) is 30.5 Å². The van der Waals surface area contributed by atoms with Crippen molar-refractivity contribution < 1.29 is 38.7 Å². The van der Waals surface area contributed by atoms with Gasteiger partial charge in [0.15, 0.2) is 0 Å². The van der Waals surface area contributed by atoms with Gasteiger partial charge in [-0.25, -0.2) is 4.98 Å². The summed E-state index contributed by atoms with van der Waals surface area (Å²) in [6.07, 6.45) is 3.16. The smallest absolute Gasteiger partial charge is 0.325 e. The van der Waals surface area contributed by atoms with E-state index in [1.165, 1.54) is 19.4 Å². The third-order valence-electron chi connectivity index (χ3n) is 7.77. The molecule has 0 fully saturated rings. The average Bonchev–Trinajstić information content (AvgIpc) is 3.55. The molecule has 0 spiro atoms. The minimum atomic E-state index is -1.34. The highest BCUT2D eigenvalue weighted by Crippen LogP contribution is 2.13. The third-order valence-corrected chi connectivity index (χ3v) is 8.17. The minimum absolute atomic E-state index is 0.0341. The van der Waals surface area contributed by atoms with Crippen LogP contribution in [0.1, 0.15) is 66.0 Å². The quantitative estimate of drug-likeness (QED) is 0.0642. The maximum Gasteiger partial charge on any atom is 0.325 e. The molecular weight excluding hydrogens is 634 g/mol. The zero-order valence-electron chi connectivity index (χ0n) is 27.4. The van der Waals surface area contributed by atoms with E-state index in [-0.39, 0.29) is 30.9 Å². The molecule has 0 aliphatic rings. The van der Waals surface area contributed by atoms with Gasteiger partial charge in [0.1, 0.15) is 30.2 Å². The van der Waals surface area contributed by atoms with Crippen molar-refractivity contribution in [1.82, 2.24) is 36.6 Å². The van der Waals surface area contributed by atoms with E-state index in [4.69, 9.17) is 11.5 Å². The van der Waals surface area contributed by atoms with Gasteiger partial charge in [-0.1, -0.05) is 40.5 Å². The molecule has 1 aromatic heterocycles. The molecule has 0 aliphatic carbocycles. The fourth-order valence-corrected chi connectivity index (χ4v) is 4.45. The molecule has 6 amide bonds. The molecular formula is C29H49N9O8S. The summed E-state index contributed by atoms with van der Waals surface area (Å²) in [6.45, 7) is 8.28. The van der Waals surface area contributed by atoms with E-state index in [1.54, 1.807) is 20.8 Å². The number of carbonyl (C=O) groups is 7. The van der Waals surface area contributed by atoms with Crippen LogP contribution in [-0.4, -0.2) is 98.5 Å². The summed E-state index contributed by atoms with van der Waals surface area (Å²) in [4.78, 5) is 95.9. The van der Waals surface area contributed by atoms with Crippen LogP contribution in [0.4, 0.5) is 0 Å². The molecule has 0 aliphatic heterocycles. The van der Waals surface area contributed by atoms with Crippen LogP contribution < -0.4 is 38.1 Å². The van der Waals surface area contributed by atoms with E-state index in [1.807, 2.05) is 6.92 Å². The maximum absolute atomic E-state index is 13.6. The SMILES string of the molecule is CC[C@H](C)[C@H](NC(=O)[C@H](CCC(N)=O)NC(=O)[C@@H](NC(=O)[C@@H](N)CS)[C@@H](C)CC)C(=O)N[C@@H](Cc1cnc[nH]1)C(=O)N[C@@H](C)C(=O)O. The Balaban J connectivity index is 3.29. The second-order valence-corrected chi connectivity index (χ2v) is 11.9. The molecule has 0 saturated carbocycles. The Kier molecular flexibility index (Phi) is 17.5. The molecule has 18 heteroatoms. The van der Waals surface area contributed by atoms with Crippen molar-refractivity contribution >= 4 is 54.0 Å². The average molecular weight is 684 g/mol. The number of amides is 6. The number of nitrogens with two attached hydrogens (primary N) is 2. The molecule has 1 aromatic rings. The number of rotatable bonds is 21. The number of primary amides is 1. The Labute approximate surface area is 279 Å². The maximum atomic E-state index is 13.6. The molecule has 11 N–H and O–H groups in total. The summed E-state index contributed by atoms with van der Waals surface area (Å²) in [5.74, 6) is -6.49. The fourth-order valence-electron chi connectivity index (χ4n) is 4.28. The number of hydrogen-bond donors (Lipinski definition) is 10. The summed E-state index contributed by atoms with van der Waals surface area (Å²) >= 11 is 4.02. The Morgan fingerprint density at radius 3 is 1.79 bits per heavy atom. The number of aromatic nitrogens is 2. The lowest BCUT2D eigenvalue weighted by atomic mass is 9.96. The number of nitrogens with one attached hydrogen (secondary N) is 6. The Morgan fingerprint density at radius 1 is 0.830 bits per heavy atom. The highest BCUT2D eigenvalue weighted by Gasteiger charge is 2.35. The second kappa shape index (κ2) is 20.1. The number of imidazole rings is 1. The monoisotopic (exact) mass is 683 g/mol. The van der Waals surface area contributed by atoms with Gasteiger partial charge in [-0.15, -0.1) is 0 Å². The first kappa shape index (κ1) is 40.8. The van der Waals surface area contributed by atoms with Gasteiger partial charge in [0.25, 0.3) is 0 Å². The van der Waals surface area contributed by atoms with Crippen LogP contribution in [-0.2, 0) is 40.0 Å². The number of carboxylic acid groups (broad SMARTS) is 1. The number of nitrogens with zero attached hydrogens (tertiary/aromatic N) is 1. The van der Waals surface area contributed by atoms with Crippen molar-refractivity contribution in [1.29, 1.82) is 0 Å². The van der Waals surface area contributed by atoms with Crippen LogP contribution in [0.2, 0.25) is 0 Å². The zero-order chi connectivity index (χ0) is 35.8. The Morgan fingerprint density at radius 2 is 1.34 bits per heavy atom. The molecule has 1 rings (SSSR count). The molecule has 0 unspecified atom stereocenters. The lowest BCUT2D eigenvalue weighted by molar-refractivity contribution is -0.142. The highest BCUT2D eigenvalue weighted by molar-refractivity contribution is 7.80. The molecule has 1 heterocycles. The van der Waals surface area contributed by atoms with Crippen molar-refractivity contribution in [2.24, 2.45) is 23.3 Å². The molecule has 17 nitrogen and oxygen atoms in total. The van der Waals surface area contributed by atoms with Crippen molar-refractivity contribution in [2.45, 2.75) is 103 Å². The first-order chi connectivity index (χ1) is 22.1. The zero-order valence-corrected chi connectivity index (χ0v) is 28.3. The standard InChI is InChI=1S/C29H49N9O8S/c1-6-14(3)22(37-24(40)18(30)12-47)27(43)35-19(8-9-21(31)39)25(41)38-23(15(4)7-2)28(44)36-20(10-17-11-32-13-33-17)26(42)34-16(5)29(45)46/h11,13-16,18-20,22-23,47H,6-10,12,30H2,1-5H3,(H2,31,39)(H,32,33)(H,34,42)(H,35,43)(H,36,44)(H,37,40)(H,38,41)(H,45,46)/t14-,15-,16-,18-,19-,20-,22-,23-/m0/s1. The summed E-state index contributed by atoms with van der Waals surface area (Å²) in [5.41, 5.74) is 11.6. The lowest BCUT2D eigenvalue weighted by Crippen LogP contribution is -2.61. The van der Waals surface area contributed by atoms with E-state index < -0.39 is 83.6 Å². The van der Waals surface area contributed by atoms with Gasteiger partial charge in [-0.05, 0) is 25.2 Å². The molecule has 264 valence electrons. The normalized spacial score (nSPS) is 16.1. The number of thiol groups is 1. The van der Waals surface area contributed by atoms with E-state index in [2.05, 4.69) is 49.2 Å². The van der Waals surface area contributed by atoms with Crippen LogP contribution in [0.25, 0.3) is 0 Å². The van der Waals surface area contributed by atoms with E-state index >= 15 is 0 Å². The van der Waals surface area contributed by atoms with Crippen LogP contribution in [0.5, 0.6) is 0 Å².